The van der Waals surface area contributed by atoms with Gasteiger partial charge in [-0.25, -0.2) is 0 Å². The summed E-state index contributed by atoms with van der Waals surface area (Å²) in [5, 5.41) is 18.0. The quantitative estimate of drug-likeness (QED) is 0.264. The SMILES string of the molecule is O=C(O)c1ccc(-c2ncc([Se][Se]c3cnc(-c4ccc(C(=O)O)cc4)[nH]3)[nH]2)cc1. The van der Waals surface area contributed by atoms with Gasteiger partial charge in [-0.3, -0.25) is 0 Å². The van der Waals surface area contributed by atoms with E-state index < -0.39 is 11.9 Å². The fourth-order valence-corrected chi connectivity index (χ4v) is 7.78. The molecule has 0 saturated carbocycles. The monoisotopic (exact) mass is 534 g/mol. The van der Waals surface area contributed by atoms with Gasteiger partial charge in [-0.05, 0) is 0 Å². The average Bonchev–Trinajstić information content (AvgIpc) is 3.42. The van der Waals surface area contributed by atoms with Crippen molar-refractivity contribution in [2.24, 2.45) is 0 Å². The zero-order valence-electron chi connectivity index (χ0n) is 15.2. The summed E-state index contributed by atoms with van der Waals surface area (Å²) in [5.74, 6) is -0.485. The van der Waals surface area contributed by atoms with Gasteiger partial charge < -0.3 is 0 Å². The van der Waals surface area contributed by atoms with Gasteiger partial charge in [0, 0.05) is 0 Å². The number of imidazole rings is 2. The van der Waals surface area contributed by atoms with Gasteiger partial charge >= 0.3 is 182 Å². The predicted molar refractivity (Wildman–Crippen MR) is 113 cm³/mol. The average molecular weight is 532 g/mol. The van der Waals surface area contributed by atoms with Gasteiger partial charge in [-0.2, -0.15) is 0 Å². The molecule has 2 aromatic carbocycles. The fourth-order valence-electron chi connectivity index (χ4n) is 2.62. The van der Waals surface area contributed by atoms with Crippen molar-refractivity contribution in [3.8, 4) is 22.8 Å². The van der Waals surface area contributed by atoms with Crippen LogP contribution < -0.4 is 9.18 Å². The van der Waals surface area contributed by atoms with Gasteiger partial charge in [0.1, 0.15) is 0 Å². The van der Waals surface area contributed by atoms with E-state index in [1.165, 1.54) is 0 Å². The molecule has 0 unspecified atom stereocenters. The number of nitrogens with zero attached hydrogens (tertiary/aromatic N) is 2. The van der Waals surface area contributed by atoms with E-state index in [0.29, 0.717) is 11.6 Å². The van der Waals surface area contributed by atoms with Crippen molar-refractivity contribution in [1.29, 1.82) is 0 Å². The number of hydrogen-bond acceptors (Lipinski definition) is 4. The Bertz CT molecular complexity index is 1100. The van der Waals surface area contributed by atoms with E-state index in [1.807, 2.05) is 12.4 Å². The molecule has 4 aromatic rings. The summed E-state index contributed by atoms with van der Waals surface area (Å²) in [6, 6.07) is 13.2. The van der Waals surface area contributed by atoms with Crippen LogP contribution >= 0.6 is 0 Å². The molecule has 0 spiro atoms. The second-order valence-corrected chi connectivity index (χ2v) is 12.3. The van der Waals surface area contributed by atoms with Gasteiger partial charge in [0.05, 0.1) is 0 Å². The van der Waals surface area contributed by atoms with Crippen molar-refractivity contribution in [1.82, 2.24) is 19.9 Å². The summed E-state index contributed by atoms with van der Waals surface area (Å²) in [7, 11) is 0. The zero-order valence-corrected chi connectivity index (χ0v) is 18.6. The van der Waals surface area contributed by atoms with Crippen molar-refractivity contribution >= 4 is 47.4 Å². The molecule has 4 rings (SSSR count). The normalized spacial score (nSPS) is 10.8. The van der Waals surface area contributed by atoms with Crippen LogP contribution in [0.25, 0.3) is 22.8 Å². The number of rotatable bonds is 7. The van der Waals surface area contributed by atoms with Gasteiger partial charge in [-0.15, -0.1) is 0 Å². The minimum atomic E-state index is -0.954. The van der Waals surface area contributed by atoms with E-state index >= 15 is 0 Å². The van der Waals surface area contributed by atoms with Gasteiger partial charge in [-0.1, -0.05) is 0 Å². The van der Waals surface area contributed by atoms with E-state index in [2.05, 4.69) is 19.9 Å². The second kappa shape index (κ2) is 8.69. The van der Waals surface area contributed by atoms with Crippen molar-refractivity contribution < 1.29 is 19.8 Å². The number of nitrogens with one attached hydrogen (secondary N) is 2. The molecule has 4 N–H and O–H groups in total. The molecule has 0 amide bonds. The maximum absolute atomic E-state index is 11.0. The summed E-state index contributed by atoms with van der Waals surface area (Å²) in [4.78, 5) is 37.3. The summed E-state index contributed by atoms with van der Waals surface area (Å²) >= 11 is 0.326. The number of hydrogen-bond donors (Lipinski definition) is 4. The molecule has 0 bridgehead atoms. The minimum absolute atomic E-state index is 0.163. The van der Waals surface area contributed by atoms with Crippen molar-refractivity contribution in [2.75, 3.05) is 0 Å². The van der Waals surface area contributed by atoms with Gasteiger partial charge in [0.15, 0.2) is 0 Å². The maximum atomic E-state index is 11.0. The third-order valence-corrected chi connectivity index (χ3v) is 10.8. The van der Waals surface area contributed by atoms with Gasteiger partial charge in [0.2, 0.25) is 0 Å². The number of aromatic carboxylic acids is 2. The van der Waals surface area contributed by atoms with Crippen molar-refractivity contribution in [3.05, 3.63) is 72.1 Å². The molecule has 0 saturated heterocycles. The molecule has 30 heavy (non-hydrogen) atoms. The Hall–Kier alpha value is -3.16. The van der Waals surface area contributed by atoms with Gasteiger partial charge in [0.25, 0.3) is 0 Å². The summed E-state index contributed by atoms with van der Waals surface area (Å²) < 4.78 is 2.09. The first kappa shape index (κ1) is 20.1. The van der Waals surface area contributed by atoms with Crippen LogP contribution in [0.1, 0.15) is 20.7 Å². The first-order valence-corrected chi connectivity index (χ1v) is 14.7. The summed E-state index contributed by atoms with van der Waals surface area (Å²) in [6.45, 7) is 0. The van der Waals surface area contributed by atoms with Crippen LogP contribution in [0.5, 0.6) is 0 Å². The molecular formula is C20H14N4O4Se2. The molecule has 150 valence electrons. The molecule has 0 aliphatic carbocycles. The topological polar surface area (TPSA) is 132 Å². The van der Waals surface area contributed by atoms with Crippen LogP contribution in [0, 0.1) is 0 Å². The molecule has 2 aromatic heterocycles. The van der Waals surface area contributed by atoms with Crippen LogP contribution in [0.15, 0.2) is 60.9 Å². The number of H-pyrrole nitrogens is 2. The Balaban J connectivity index is 1.40. The number of benzene rings is 2. The van der Waals surface area contributed by atoms with Crippen LogP contribution in [-0.4, -0.2) is 68.4 Å². The number of carbonyl (C=O) groups is 2. The Morgan fingerprint density at radius 3 is 1.37 bits per heavy atom. The van der Waals surface area contributed by atoms with E-state index in [-0.39, 0.29) is 37.4 Å². The van der Waals surface area contributed by atoms with E-state index in [1.54, 1.807) is 48.5 Å². The number of aromatic nitrogens is 4. The Morgan fingerprint density at radius 2 is 1.03 bits per heavy atom. The third-order valence-electron chi connectivity index (χ3n) is 4.14. The molecule has 0 aliphatic heterocycles. The Morgan fingerprint density at radius 1 is 0.667 bits per heavy atom. The second-order valence-electron chi connectivity index (χ2n) is 6.12. The van der Waals surface area contributed by atoms with Crippen molar-refractivity contribution in [2.45, 2.75) is 0 Å². The third kappa shape index (κ3) is 4.53. The molecule has 8 nitrogen and oxygen atoms in total. The Labute approximate surface area is 181 Å². The summed E-state index contributed by atoms with van der Waals surface area (Å²) in [6.07, 6.45) is 3.62. The molecule has 0 atom stereocenters. The molecule has 0 aliphatic rings. The number of carboxylic acids is 2. The van der Waals surface area contributed by atoms with Crippen LogP contribution in [0.2, 0.25) is 0 Å². The van der Waals surface area contributed by atoms with E-state index in [0.717, 1.165) is 20.3 Å². The number of carboxylic acid groups (broad SMARTS) is 2. The summed E-state index contributed by atoms with van der Waals surface area (Å²) in [5.41, 5.74) is 2.16. The zero-order chi connectivity index (χ0) is 21.1. The van der Waals surface area contributed by atoms with Crippen molar-refractivity contribution in [3.63, 3.8) is 0 Å². The standard InChI is InChI=1S/C20H14N4O4Se2/c25-19(26)13-5-1-11(2-6-13)17-21-9-15(23-17)29-30-16-10-22-18(24-16)12-3-7-14(8-4-12)20(27)28/h1-10H,(H,21,23)(H,22,24)(H,25,26)(H,27,28). The fraction of sp³-hybridized carbons (Fsp3) is 0. The molecular weight excluding hydrogens is 518 g/mol. The molecule has 0 radical (unpaired) electrons. The molecule has 2 heterocycles. The first-order valence-electron chi connectivity index (χ1n) is 8.61. The van der Waals surface area contributed by atoms with Crippen LogP contribution in [0.4, 0.5) is 0 Å². The Kier molecular flexibility index (Phi) is 5.83. The first-order chi connectivity index (χ1) is 14.5. The molecule has 0 fully saturated rings. The van der Waals surface area contributed by atoms with E-state index in [9.17, 15) is 9.59 Å². The van der Waals surface area contributed by atoms with Crippen LogP contribution in [0.3, 0.4) is 0 Å². The molecule has 10 heteroatoms. The van der Waals surface area contributed by atoms with E-state index in [4.69, 9.17) is 10.2 Å². The van der Waals surface area contributed by atoms with Crippen LogP contribution in [-0.2, 0) is 0 Å². The number of aromatic amines is 2. The predicted octanol–water partition coefficient (Wildman–Crippen LogP) is 1.14.